The van der Waals surface area contributed by atoms with E-state index in [2.05, 4.69) is 10.3 Å². The fourth-order valence-corrected chi connectivity index (χ4v) is 2.39. The van der Waals surface area contributed by atoms with Crippen molar-refractivity contribution in [1.82, 2.24) is 4.98 Å². The lowest BCUT2D eigenvalue weighted by molar-refractivity contribution is 0.102. The normalized spacial score (nSPS) is 10.4. The van der Waals surface area contributed by atoms with E-state index in [9.17, 15) is 14.0 Å². The predicted molar refractivity (Wildman–Crippen MR) is 91.9 cm³/mol. The molecule has 2 N–H and O–H groups in total. The summed E-state index contributed by atoms with van der Waals surface area (Å²) in [7, 11) is 0. The number of nitrogens with one attached hydrogen (secondary N) is 2. The molecule has 1 aromatic heterocycles. The number of benzene rings is 2. The van der Waals surface area contributed by atoms with Crippen LogP contribution in [0.5, 0.6) is 0 Å². The first-order valence-electron chi connectivity index (χ1n) is 7.10. The first kappa shape index (κ1) is 16.0. The molecule has 0 fully saturated rings. The lowest BCUT2D eigenvalue weighted by atomic mass is 10.1. The number of hydrogen-bond donors (Lipinski definition) is 2. The van der Waals surface area contributed by atoms with Crippen LogP contribution < -0.4 is 10.9 Å². The number of rotatable bonds is 3. The topological polar surface area (TPSA) is 62.0 Å². The van der Waals surface area contributed by atoms with Crippen LogP contribution in [0.4, 0.5) is 10.1 Å². The first-order valence-corrected chi connectivity index (χ1v) is 7.47. The maximum Gasteiger partial charge on any atom is 0.261 e. The number of aromatic nitrogens is 1. The van der Waals surface area contributed by atoms with Crippen LogP contribution >= 0.6 is 11.6 Å². The zero-order chi connectivity index (χ0) is 17.1. The molecule has 24 heavy (non-hydrogen) atoms. The molecule has 6 heteroatoms. The second-order valence-electron chi connectivity index (χ2n) is 5.06. The van der Waals surface area contributed by atoms with Crippen molar-refractivity contribution in [3.8, 4) is 11.3 Å². The summed E-state index contributed by atoms with van der Waals surface area (Å²) >= 11 is 5.67. The molecule has 0 saturated carbocycles. The van der Waals surface area contributed by atoms with Crippen molar-refractivity contribution in [2.45, 2.75) is 0 Å². The highest BCUT2D eigenvalue weighted by molar-refractivity contribution is 6.31. The van der Waals surface area contributed by atoms with Gasteiger partial charge in [-0.1, -0.05) is 41.9 Å². The third-order valence-corrected chi connectivity index (χ3v) is 3.71. The average Bonchev–Trinajstić information content (AvgIpc) is 2.59. The standard InChI is InChI=1S/C18H12ClFN2O2/c19-14-10-12(6-8-15(14)20)21-17(23)13-7-9-16(22-18(13)24)11-4-2-1-3-5-11/h1-10H,(H,21,23)(H,22,24). The van der Waals surface area contributed by atoms with Gasteiger partial charge in [0.2, 0.25) is 0 Å². The van der Waals surface area contributed by atoms with E-state index < -0.39 is 17.3 Å². The van der Waals surface area contributed by atoms with Crippen LogP contribution in [-0.2, 0) is 0 Å². The SMILES string of the molecule is O=C(Nc1ccc(F)c(Cl)c1)c1ccc(-c2ccccc2)[nH]c1=O. The molecule has 1 heterocycles. The molecular formula is C18H12ClFN2O2. The molecule has 0 aliphatic heterocycles. The van der Waals surface area contributed by atoms with Gasteiger partial charge in [0.1, 0.15) is 11.4 Å². The largest absolute Gasteiger partial charge is 0.322 e. The average molecular weight is 343 g/mol. The summed E-state index contributed by atoms with van der Waals surface area (Å²) in [5, 5.41) is 2.41. The molecule has 2 aromatic carbocycles. The Morgan fingerprint density at radius 3 is 2.46 bits per heavy atom. The Bertz CT molecular complexity index is 955. The minimum Gasteiger partial charge on any atom is -0.322 e. The van der Waals surface area contributed by atoms with E-state index in [1.807, 2.05) is 30.3 Å². The van der Waals surface area contributed by atoms with E-state index in [-0.39, 0.29) is 10.6 Å². The van der Waals surface area contributed by atoms with Gasteiger partial charge in [-0.3, -0.25) is 9.59 Å². The maximum absolute atomic E-state index is 13.1. The van der Waals surface area contributed by atoms with Gasteiger partial charge in [0, 0.05) is 11.4 Å². The van der Waals surface area contributed by atoms with E-state index in [0.717, 1.165) is 11.6 Å². The van der Waals surface area contributed by atoms with E-state index in [1.54, 1.807) is 6.07 Å². The summed E-state index contributed by atoms with van der Waals surface area (Å²) in [6.07, 6.45) is 0. The van der Waals surface area contributed by atoms with Crippen LogP contribution in [0.3, 0.4) is 0 Å². The van der Waals surface area contributed by atoms with Crippen LogP contribution in [-0.4, -0.2) is 10.9 Å². The number of H-pyrrole nitrogens is 1. The van der Waals surface area contributed by atoms with Crippen LogP contribution in [0.25, 0.3) is 11.3 Å². The minimum atomic E-state index is -0.599. The highest BCUT2D eigenvalue weighted by Crippen LogP contribution is 2.20. The number of aromatic amines is 1. The molecule has 1 amide bonds. The highest BCUT2D eigenvalue weighted by Gasteiger charge is 2.12. The number of anilines is 1. The van der Waals surface area contributed by atoms with Crippen LogP contribution in [0.1, 0.15) is 10.4 Å². The zero-order valence-electron chi connectivity index (χ0n) is 12.3. The number of carbonyl (C=O) groups is 1. The van der Waals surface area contributed by atoms with Gasteiger partial charge >= 0.3 is 0 Å². The highest BCUT2D eigenvalue weighted by atomic mass is 35.5. The fourth-order valence-electron chi connectivity index (χ4n) is 2.21. The number of pyridine rings is 1. The van der Waals surface area contributed by atoms with Crippen molar-refractivity contribution in [1.29, 1.82) is 0 Å². The molecule has 4 nitrogen and oxygen atoms in total. The zero-order valence-corrected chi connectivity index (χ0v) is 13.1. The predicted octanol–water partition coefficient (Wildman–Crippen LogP) is 4.09. The number of amides is 1. The van der Waals surface area contributed by atoms with Gasteiger partial charge in [0.25, 0.3) is 11.5 Å². The molecular weight excluding hydrogens is 331 g/mol. The van der Waals surface area contributed by atoms with Crippen molar-refractivity contribution < 1.29 is 9.18 Å². The maximum atomic E-state index is 13.1. The summed E-state index contributed by atoms with van der Waals surface area (Å²) in [5.41, 5.74) is 1.20. The molecule has 0 atom stereocenters. The molecule has 0 spiro atoms. The quantitative estimate of drug-likeness (QED) is 0.753. The Balaban J connectivity index is 1.85. The van der Waals surface area contributed by atoms with E-state index >= 15 is 0 Å². The Hall–Kier alpha value is -2.92. The number of halogens is 2. The molecule has 0 unspecified atom stereocenters. The second kappa shape index (κ2) is 6.68. The summed E-state index contributed by atoms with van der Waals surface area (Å²) in [4.78, 5) is 27.1. The number of carbonyl (C=O) groups excluding carboxylic acids is 1. The molecule has 0 radical (unpaired) electrons. The third-order valence-electron chi connectivity index (χ3n) is 3.42. The second-order valence-corrected chi connectivity index (χ2v) is 5.47. The van der Waals surface area contributed by atoms with Crippen molar-refractivity contribution >= 4 is 23.2 Å². The smallest absolute Gasteiger partial charge is 0.261 e. The Labute approximate surface area is 141 Å². The van der Waals surface area contributed by atoms with Gasteiger partial charge in [0.15, 0.2) is 0 Å². The van der Waals surface area contributed by atoms with E-state index in [0.29, 0.717) is 11.4 Å². The molecule has 0 saturated heterocycles. The molecule has 0 aliphatic carbocycles. The first-order chi connectivity index (χ1) is 11.5. The Kier molecular flexibility index (Phi) is 4.44. The fraction of sp³-hybridized carbons (Fsp3) is 0. The van der Waals surface area contributed by atoms with Gasteiger partial charge in [0.05, 0.1) is 5.02 Å². The van der Waals surface area contributed by atoms with Gasteiger partial charge in [-0.2, -0.15) is 0 Å². The lowest BCUT2D eigenvalue weighted by Gasteiger charge is -2.07. The molecule has 120 valence electrons. The van der Waals surface area contributed by atoms with Crippen molar-refractivity contribution in [3.63, 3.8) is 0 Å². The monoisotopic (exact) mass is 342 g/mol. The third kappa shape index (κ3) is 3.36. The Morgan fingerprint density at radius 1 is 1.04 bits per heavy atom. The Morgan fingerprint density at radius 2 is 1.79 bits per heavy atom. The molecule has 3 aromatic rings. The van der Waals surface area contributed by atoms with Gasteiger partial charge in [-0.15, -0.1) is 0 Å². The van der Waals surface area contributed by atoms with Crippen molar-refractivity contribution in [3.05, 3.63) is 87.4 Å². The van der Waals surface area contributed by atoms with Gasteiger partial charge in [-0.25, -0.2) is 4.39 Å². The van der Waals surface area contributed by atoms with Crippen LogP contribution in [0.15, 0.2) is 65.5 Å². The minimum absolute atomic E-state index is 0.0462. The van der Waals surface area contributed by atoms with E-state index in [1.165, 1.54) is 18.2 Å². The molecule has 3 rings (SSSR count). The van der Waals surface area contributed by atoms with Gasteiger partial charge < -0.3 is 10.3 Å². The molecule has 0 aliphatic rings. The van der Waals surface area contributed by atoms with Crippen molar-refractivity contribution in [2.24, 2.45) is 0 Å². The van der Waals surface area contributed by atoms with Gasteiger partial charge in [-0.05, 0) is 35.9 Å². The van der Waals surface area contributed by atoms with Crippen LogP contribution in [0.2, 0.25) is 5.02 Å². The number of hydrogen-bond acceptors (Lipinski definition) is 2. The summed E-state index contributed by atoms with van der Waals surface area (Å²) in [6, 6.07) is 16.2. The molecule has 0 bridgehead atoms. The summed E-state index contributed by atoms with van der Waals surface area (Å²) in [5.74, 6) is -1.18. The summed E-state index contributed by atoms with van der Waals surface area (Å²) in [6.45, 7) is 0. The van der Waals surface area contributed by atoms with Crippen molar-refractivity contribution in [2.75, 3.05) is 5.32 Å². The van der Waals surface area contributed by atoms with Crippen LogP contribution in [0, 0.1) is 5.82 Å². The lowest BCUT2D eigenvalue weighted by Crippen LogP contribution is -2.23. The van der Waals surface area contributed by atoms with E-state index in [4.69, 9.17) is 11.6 Å². The summed E-state index contributed by atoms with van der Waals surface area (Å²) < 4.78 is 13.1.